The highest BCUT2D eigenvalue weighted by atomic mass is 35.5. The molecule has 26 heavy (non-hydrogen) atoms. The second kappa shape index (κ2) is 8.27. The normalized spacial score (nSPS) is 10.5. The van der Waals surface area contributed by atoms with Gasteiger partial charge in [0.1, 0.15) is 0 Å². The second-order valence-corrected chi connectivity index (χ2v) is 6.17. The fourth-order valence-electron chi connectivity index (χ4n) is 2.55. The lowest BCUT2D eigenvalue weighted by molar-refractivity contribution is 0.0474. The van der Waals surface area contributed by atoms with Gasteiger partial charge in [-0.1, -0.05) is 11.6 Å². The van der Waals surface area contributed by atoms with Gasteiger partial charge in [0, 0.05) is 24.0 Å². The van der Waals surface area contributed by atoms with Crippen LogP contribution in [0.2, 0.25) is 5.02 Å². The van der Waals surface area contributed by atoms with Gasteiger partial charge < -0.3 is 18.8 Å². The number of esters is 1. The topological polar surface area (TPSA) is 66.8 Å². The van der Waals surface area contributed by atoms with E-state index in [9.17, 15) is 9.59 Å². The van der Waals surface area contributed by atoms with Crippen molar-refractivity contribution in [1.29, 1.82) is 0 Å². The van der Waals surface area contributed by atoms with Crippen molar-refractivity contribution in [1.82, 2.24) is 4.57 Å². The Morgan fingerprint density at radius 1 is 1.19 bits per heavy atom. The number of benzene rings is 1. The molecule has 0 unspecified atom stereocenters. The van der Waals surface area contributed by atoms with E-state index in [1.165, 1.54) is 19.2 Å². The van der Waals surface area contributed by atoms with Crippen molar-refractivity contribution in [2.75, 3.05) is 20.3 Å². The molecule has 140 valence electrons. The van der Waals surface area contributed by atoms with Gasteiger partial charge in [0.2, 0.25) is 5.78 Å². The minimum Gasteiger partial charge on any atom is -0.493 e. The maximum Gasteiger partial charge on any atom is 0.338 e. The molecule has 0 aliphatic rings. The van der Waals surface area contributed by atoms with Crippen LogP contribution in [0.4, 0.5) is 0 Å². The van der Waals surface area contributed by atoms with Crippen LogP contribution < -0.4 is 9.47 Å². The molecule has 0 spiro atoms. The van der Waals surface area contributed by atoms with E-state index < -0.39 is 5.97 Å². The zero-order valence-electron chi connectivity index (χ0n) is 15.5. The van der Waals surface area contributed by atoms with Crippen LogP contribution in [0.1, 0.15) is 39.0 Å². The Hall–Kier alpha value is -2.47. The maximum absolute atomic E-state index is 12.3. The molecule has 0 saturated heterocycles. The number of carbonyl (C=O) groups excluding carboxylic acids is 2. The van der Waals surface area contributed by atoms with Gasteiger partial charge in [-0.2, -0.15) is 0 Å². The van der Waals surface area contributed by atoms with Crippen LogP contribution in [0.3, 0.4) is 0 Å². The first-order valence-corrected chi connectivity index (χ1v) is 8.51. The minimum absolute atomic E-state index is 0.184. The van der Waals surface area contributed by atoms with Crippen LogP contribution >= 0.6 is 11.6 Å². The lowest BCUT2D eigenvalue weighted by Gasteiger charge is -2.12. The summed E-state index contributed by atoms with van der Waals surface area (Å²) in [6, 6.07) is 4.68. The molecule has 0 amide bonds. The molecule has 0 atom stereocenters. The van der Waals surface area contributed by atoms with E-state index in [0.29, 0.717) is 23.7 Å². The van der Waals surface area contributed by atoms with Gasteiger partial charge in [0.15, 0.2) is 18.1 Å². The fourth-order valence-corrected chi connectivity index (χ4v) is 2.82. The highest BCUT2D eigenvalue weighted by Crippen LogP contribution is 2.36. The number of methoxy groups -OCH3 is 1. The third-order valence-corrected chi connectivity index (χ3v) is 4.44. The number of ether oxygens (including phenoxy) is 3. The predicted molar refractivity (Wildman–Crippen MR) is 98.7 cm³/mol. The number of carbonyl (C=O) groups is 2. The van der Waals surface area contributed by atoms with Gasteiger partial charge in [-0.25, -0.2) is 4.79 Å². The molecular formula is C19H22ClNO5. The molecule has 1 heterocycles. The third kappa shape index (κ3) is 4.02. The Kier molecular flexibility index (Phi) is 6.32. The van der Waals surface area contributed by atoms with Crippen LogP contribution in [0.25, 0.3) is 0 Å². The quantitative estimate of drug-likeness (QED) is 0.541. The summed E-state index contributed by atoms with van der Waals surface area (Å²) in [7, 11) is 3.33. The molecule has 0 aliphatic carbocycles. The Morgan fingerprint density at radius 3 is 2.42 bits per heavy atom. The smallest absolute Gasteiger partial charge is 0.338 e. The van der Waals surface area contributed by atoms with Crippen molar-refractivity contribution in [2.45, 2.75) is 20.8 Å². The van der Waals surface area contributed by atoms with Crippen molar-refractivity contribution >= 4 is 23.4 Å². The molecule has 1 aromatic heterocycles. The first kappa shape index (κ1) is 19.8. The summed E-state index contributed by atoms with van der Waals surface area (Å²) in [6.45, 7) is 5.63. The van der Waals surface area contributed by atoms with E-state index in [1.54, 1.807) is 6.07 Å². The lowest BCUT2D eigenvalue weighted by atomic mass is 10.1. The highest BCUT2D eigenvalue weighted by molar-refractivity contribution is 6.32. The molecule has 0 aliphatic heterocycles. The average Bonchev–Trinajstić information content (AvgIpc) is 2.88. The maximum atomic E-state index is 12.3. The van der Waals surface area contributed by atoms with E-state index in [-0.39, 0.29) is 23.0 Å². The monoisotopic (exact) mass is 379 g/mol. The van der Waals surface area contributed by atoms with E-state index in [4.69, 9.17) is 25.8 Å². The summed E-state index contributed by atoms with van der Waals surface area (Å²) in [6.07, 6.45) is 0. The number of ketones is 1. The van der Waals surface area contributed by atoms with Crippen LogP contribution in [-0.2, 0) is 11.8 Å². The van der Waals surface area contributed by atoms with Gasteiger partial charge in [0.25, 0.3) is 0 Å². The van der Waals surface area contributed by atoms with Crippen LogP contribution in [0, 0.1) is 13.8 Å². The van der Waals surface area contributed by atoms with Crippen molar-refractivity contribution < 1.29 is 23.8 Å². The molecule has 2 rings (SSSR count). The molecule has 2 aromatic rings. The zero-order chi connectivity index (χ0) is 19.4. The summed E-state index contributed by atoms with van der Waals surface area (Å²) in [5, 5.41) is 0.235. The van der Waals surface area contributed by atoms with Crippen LogP contribution in [0.5, 0.6) is 11.5 Å². The predicted octanol–water partition coefficient (Wildman–Crippen LogP) is 3.74. The number of rotatable bonds is 7. The van der Waals surface area contributed by atoms with Crippen LogP contribution in [0.15, 0.2) is 18.2 Å². The largest absolute Gasteiger partial charge is 0.493 e. The Balaban J connectivity index is 2.13. The fraction of sp³-hybridized carbons (Fsp3) is 0.368. The summed E-state index contributed by atoms with van der Waals surface area (Å²) in [5.41, 5.74) is 2.51. The van der Waals surface area contributed by atoms with Gasteiger partial charge in [-0.3, -0.25) is 4.79 Å². The van der Waals surface area contributed by atoms with Gasteiger partial charge in [0.05, 0.1) is 24.3 Å². The summed E-state index contributed by atoms with van der Waals surface area (Å²) in [4.78, 5) is 24.6. The van der Waals surface area contributed by atoms with E-state index >= 15 is 0 Å². The molecule has 7 heteroatoms. The lowest BCUT2D eigenvalue weighted by Crippen LogP contribution is -2.15. The van der Waals surface area contributed by atoms with E-state index in [0.717, 1.165) is 11.4 Å². The number of hydrogen-bond donors (Lipinski definition) is 0. The Bertz CT molecular complexity index is 841. The first-order chi connectivity index (χ1) is 12.3. The van der Waals surface area contributed by atoms with E-state index in [2.05, 4.69) is 0 Å². The van der Waals surface area contributed by atoms with Crippen molar-refractivity contribution in [3.05, 3.63) is 45.7 Å². The number of aryl methyl sites for hydroxylation is 1. The number of Topliss-reactive ketones (excluding diaryl/α,β-unsaturated/α-hetero) is 1. The molecule has 0 N–H and O–H groups in total. The van der Waals surface area contributed by atoms with Crippen molar-refractivity contribution in [3.8, 4) is 11.5 Å². The first-order valence-electron chi connectivity index (χ1n) is 8.13. The highest BCUT2D eigenvalue weighted by Gasteiger charge is 2.19. The average molecular weight is 380 g/mol. The van der Waals surface area contributed by atoms with Gasteiger partial charge in [-0.05, 0) is 39.0 Å². The number of aromatic nitrogens is 1. The minimum atomic E-state index is -0.660. The molecule has 0 fully saturated rings. The Morgan fingerprint density at radius 2 is 1.88 bits per heavy atom. The molecule has 6 nitrogen and oxygen atoms in total. The number of nitrogens with zero attached hydrogens (tertiary/aromatic N) is 1. The Labute approximate surface area is 157 Å². The summed E-state index contributed by atoms with van der Waals surface area (Å²) < 4.78 is 17.7. The standard InChI is InChI=1S/C19H22ClNO5/c1-6-25-18-15(20)8-13(9-17(18)24-5)19(23)26-10-16(22)14-7-11(2)21(4)12(14)3/h7-9H,6,10H2,1-5H3. The number of halogens is 1. The van der Waals surface area contributed by atoms with Gasteiger partial charge in [-0.15, -0.1) is 0 Å². The summed E-state index contributed by atoms with van der Waals surface area (Å²) >= 11 is 6.15. The SMILES string of the molecule is CCOc1c(Cl)cc(C(=O)OCC(=O)c2cc(C)n(C)c2C)cc1OC. The molecule has 1 aromatic carbocycles. The van der Waals surface area contributed by atoms with Crippen molar-refractivity contribution in [3.63, 3.8) is 0 Å². The molecule has 0 bridgehead atoms. The zero-order valence-corrected chi connectivity index (χ0v) is 16.3. The third-order valence-electron chi connectivity index (χ3n) is 4.16. The van der Waals surface area contributed by atoms with E-state index in [1.807, 2.05) is 32.4 Å². The molecule has 0 saturated carbocycles. The van der Waals surface area contributed by atoms with Crippen LogP contribution in [-0.4, -0.2) is 36.6 Å². The van der Waals surface area contributed by atoms with Crippen molar-refractivity contribution in [2.24, 2.45) is 7.05 Å². The second-order valence-electron chi connectivity index (χ2n) is 5.77. The molecule has 0 radical (unpaired) electrons. The summed E-state index contributed by atoms with van der Waals surface area (Å²) in [5.74, 6) is -0.234. The number of hydrogen-bond acceptors (Lipinski definition) is 5. The van der Waals surface area contributed by atoms with Gasteiger partial charge >= 0.3 is 5.97 Å². The molecular weight excluding hydrogens is 358 g/mol.